The number of carbonyl (C=O) groups is 1. The minimum Gasteiger partial charge on any atom is -0.492 e. The van der Waals surface area contributed by atoms with Crippen LogP contribution in [-0.2, 0) is 4.79 Å². The van der Waals surface area contributed by atoms with Gasteiger partial charge in [0.25, 0.3) is 0 Å². The van der Waals surface area contributed by atoms with Gasteiger partial charge in [0.15, 0.2) is 0 Å². The first-order chi connectivity index (χ1) is 10.7. The normalized spacial score (nSPS) is 17.5. The highest BCUT2D eigenvalue weighted by molar-refractivity contribution is 5.85. The van der Waals surface area contributed by atoms with E-state index >= 15 is 0 Å². The molecule has 0 radical (unpaired) electrons. The van der Waals surface area contributed by atoms with Gasteiger partial charge in [0.2, 0.25) is 5.91 Å². The molecule has 1 aliphatic heterocycles. The van der Waals surface area contributed by atoms with Crippen molar-refractivity contribution in [1.29, 1.82) is 0 Å². The predicted octanol–water partition coefficient (Wildman–Crippen LogP) is 2.15. The average molecular weight is 301 g/mol. The lowest BCUT2D eigenvalue weighted by Gasteiger charge is -2.15. The van der Waals surface area contributed by atoms with Gasteiger partial charge in [-0.3, -0.25) is 4.79 Å². The van der Waals surface area contributed by atoms with E-state index in [1.54, 1.807) is 12.1 Å². The van der Waals surface area contributed by atoms with Crippen LogP contribution in [0.1, 0.15) is 23.1 Å². The molecule has 2 atom stereocenters. The number of aliphatic hydroxyl groups is 1. The van der Waals surface area contributed by atoms with Crippen LogP contribution in [0, 0.1) is 5.82 Å². The second kappa shape index (κ2) is 6.15. The highest BCUT2D eigenvalue weighted by Gasteiger charge is 2.30. The Kier molecular flexibility index (Phi) is 4.06. The second-order valence-electron chi connectivity index (χ2n) is 5.18. The SMILES string of the molecule is O=C(NC[C@@H](O)c1ccccc1F)[C@H]1COc2ccccc21. The molecule has 5 heteroatoms. The van der Waals surface area contributed by atoms with Gasteiger partial charge in [-0.1, -0.05) is 36.4 Å². The topological polar surface area (TPSA) is 58.6 Å². The molecule has 0 bridgehead atoms. The van der Waals surface area contributed by atoms with E-state index in [1.165, 1.54) is 12.1 Å². The van der Waals surface area contributed by atoms with Crippen molar-refractivity contribution in [2.24, 2.45) is 0 Å². The molecule has 0 fully saturated rings. The largest absolute Gasteiger partial charge is 0.492 e. The number of halogens is 1. The standard InChI is InChI=1S/C17H16FNO3/c18-14-7-3-1-6-12(14)15(20)9-19-17(21)13-10-22-16-8-4-2-5-11(13)16/h1-8,13,15,20H,9-10H2,(H,19,21)/t13-,15+/m0/s1. The minimum atomic E-state index is -1.08. The second-order valence-corrected chi connectivity index (χ2v) is 5.18. The van der Waals surface area contributed by atoms with E-state index in [0.29, 0.717) is 5.75 Å². The van der Waals surface area contributed by atoms with Crippen LogP contribution in [0.2, 0.25) is 0 Å². The molecule has 0 aromatic heterocycles. The number of benzene rings is 2. The van der Waals surface area contributed by atoms with Crippen LogP contribution in [0.5, 0.6) is 5.75 Å². The van der Waals surface area contributed by atoms with Crippen LogP contribution >= 0.6 is 0 Å². The van der Waals surface area contributed by atoms with Crippen LogP contribution in [0.15, 0.2) is 48.5 Å². The summed E-state index contributed by atoms with van der Waals surface area (Å²) in [4.78, 5) is 12.2. The van der Waals surface area contributed by atoms with Crippen molar-refractivity contribution < 1.29 is 19.0 Å². The number of para-hydroxylation sites is 1. The number of fused-ring (bicyclic) bond motifs is 1. The van der Waals surface area contributed by atoms with Gasteiger partial charge in [0.05, 0.1) is 6.10 Å². The van der Waals surface area contributed by atoms with Crippen LogP contribution in [0.4, 0.5) is 4.39 Å². The van der Waals surface area contributed by atoms with Crippen molar-refractivity contribution in [1.82, 2.24) is 5.32 Å². The van der Waals surface area contributed by atoms with Gasteiger partial charge in [-0.05, 0) is 12.1 Å². The molecule has 2 aromatic rings. The molecule has 1 aliphatic rings. The highest BCUT2D eigenvalue weighted by atomic mass is 19.1. The van der Waals surface area contributed by atoms with Crippen molar-refractivity contribution in [3.8, 4) is 5.75 Å². The van der Waals surface area contributed by atoms with Crippen LogP contribution in [-0.4, -0.2) is 24.2 Å². The van der Waals surface area contributed by atoms with Gasteiger partial charge in [0, 0.05) is 17.7 Å². The Balaban J connectivity index is 1.63. The molecule has 0 saturated heterocycles. The average Bonchev–Trinajstić information content (AvgIpc) is 2.97. The number of carbonyl (C=O) groups excluding carboxylic acids is 1. The Morgan fingerprint density at radius 3 is 2.82 bits per heavy atom. The molecular weight excluding hydrogens is 285 g/mol. The summed E-state index contributed by atoms with van der Waals surface area (Å²) in [5, 5.41) is 12.7. The molecule has 0 aliphatic carbocycles. The monoisotopic (exact) mass is 301 g/mol. The number of rotatable bonds is 4. The maximum Gasteiger partial charge on any atom is 0.231 e. The number of hydrogen-bond donors (Lipinski definition) is 2. The lowest BCUT2D eigenvalue weighted by molar-refractivity contribution is -0.123. The molecule has 22 heavy (non-hydrogen) atoms. The molecule has 0 spiro atoms. The first-order valence-electron chi connectivity index (χ1n) is 7.08. The molecule has 1 amide bonds. The van der Waals surface area contributed by atoms with E-state index in [0.717, 1.165) is 5.56 Å². The first-order valence-corrected chi connectivity index (χ1v) is 7.08. The smallest absolute Gasteiger partial charge is 0.231 e. The number of aliphatic hydroxyl groups excluding tert-OH is 1. The fourth-order valence-electron chi connectivity index (χ4n) is 2.56. The summed E-state index contributed by atoms with van der Waals surface area (Å²) < 4.78 is 19.0. The van der Waals surface area contributed by atoms with Gasteiger partial charge < -0.3 is 15.2 Å². The Hall–Kier alpha value is -2.40. The van der Waals surface area contributed by atoms with Gasteiger partial charge in [-0.2, -0.15) is 0 Å². The van der Waals surface area contributed by atoms with Crippen molar-refractivity contribution in [3.05, 3.63) is 65.5 Å². The zero-order chi connectivity index (χ0) is 15.5. The molecule has 4 nitrogen and oxygen atoms in total. The van der Waals surface area contributed by atoms with Crippen molar-refractivity contribution in [3.63, 3.8) is 0 Å². The van der Waals surface area contributed by atoms with Crippen LogP contribution in [0.25, 0.3) is 0 Å². The van der Waals surface area contributed by atoms with Crippen molar-refractivity contribution in [2.75, 3.05) is 13.2 Å². The quantitative estimate of drug-likeness (QED) is 0.910. The molecule has 3 rings (SSSR count). The molecule has 1 heterocycles. The van der Waals surface area contributed by atoms with E-state index < -0.39 is 17.8 Å². The Morgan fingerprint density at radius 2 is 2.00 bits per heavy atom. The van der Waals surface area contributed by atoms with E-state index in [-0.39, 0.29) is 24.6 Å². The summed E-state index contributed by atoms with van der Waals surface area (Å²) >= 11 is 0. The third kappa shape index (κ3) is 2.80. The minimum absolute atomic E-state index is 0.0432. The maximum atomic E-state index is 13.6. The molecule has 0 saturated carbocycles. The zero-order valence-corrected chi connectivity index (χ0v) is 11.8. The fraction of sp³-hybridized carbons (Fsp3) is 0.235. The molecule has 0 unspecified atom stereocenters. The van der Waals surface area contributed by atoms with Crippen LogP contribution < -0.4 is 10.1 Å². The molecule has 2 N–H and O–H groups in total. The summed E-state index contributed by atoms with van der Waals surface area (Å²) in [5.74, 6) is -0.416. The first kappa shape index (κ1) is 14.5. The fourth-order valence-corrected chi connectivity index (χ4v) is 2.56. The van der Waals surface area contributed by atoms with E-state index in [2.05, 4.69) is 5.32 Å². The van der Waals surface area contributed by atoms with E-state index in [1.807, 2.05) is 24.3 Å². The van der Waals surface area contributed by atoms with Crippen molar-refractivity contribution >= 4 is 5.91 Å². The highest BCUT2D eigenvalue weighted by Crippen LogP contribution is 2.33. The third-order valence-corrected chi connectivity index (χ3v) is 3.75. The summed E-state index contributed by atoms with van der Waals surface area (Å²) in [6.45, 7) is 0.236. The van der Waals surface area contributed by atoms with Gasteiger partial charge in [0.1, 0.15) is 24.1 Å². The Labute approximate surface area is 127 Å². The molecule has 2 aromatic carbocycles. The summed E-state index contributed by atoms with van der Waals surface area (Å²) in [7, 11) is 0. The number of amides is 1. The van der Waals surface area contributed by atoms with Gasteiger partial charge in [-0.15, -0.1) is 0 Å². The molecular formula is C17H16FNO3. The number of hydrogen-bond acceptors (Lipinski definition) is 3. The lowest BCUT2D eigenvalue weighted by Crippen LogP contribution is -2.33. The van der Waals surface area contributed by atoms with E-state index in [9.17, 15) is 14.3 Å². The molecule has 114 valence electrons. The Morgan fingerprint density at radius 1 is 1.27 bits per heavy atom. The van der Waals surface area contributed by atoms with Crippen LogP contribution in [0.3, 0.4) is 0 Å². The maximum absolute atomic E-state index is 13.6. The lowest BCUT2D eigenvalue weighted by atomic mass is 10.0. The summed E-state index contributed by atoms with van der Waals surface area (Å²) in [6.07, 6.45) is -1.08. The zero-order valence-electron chi connectivity index (χ0n) is 11.8. The van der Waals surface area contributed by atoms with Crippen molar-refractivity contribution in [2.45, 2.75) is 12.0 Å². The number of nitrogens with one attached hydrogen (secondary N) is 1. The Bertz CT molecular complexity index is 689. The third-order valence-electron chi connectivity index (χ3n) is 3.75. The summed E-state index contributed by atoms with van der Waals surface area (Å²) in [6, 6.07) is 13.3. The number of ether oxygens (including phenoxy) is 1. The summed E-state index contributed by atoms with van der Waals surface area (Å²) in [5.41, 5.74) is 1.01. The van der Waals surface area contributed by atoms with E-state index in [4.69, 9.17) is 4.74 Å². The van der Waals surface area contributed by atoms with Gasteiger partial charge >= 0.3 is 0 Å². The predicted molar refractivity (Wildman–Crippen MR) is 79.0 cm³/mol. The van der Waals surface area contributed by atoms with Gasteiger partial charge in [-0.25, -0.2) is 4.39 Å².